The molecule has 3 nitrogen and oxygen atoms in total. The van der Waals surface area contributed by atoms with E-state index in [9.17, 15) is 0 Å². The van der Waals surface area contributed by atoms with E-state index in [4.69, 9.17) is 4.42 Å². The third kappa shape index (κ3) is 1.61. The highest BCUT2D eigenvalue weighted by Crippen LogP contribution is 2.31. The number of rotatable bonds is 2. The van der Waals surface area contributed by atoms with E-state index in [-0.39, 0.29) is 0 Å². The predicted molar refractivity (Wildman–Crippen MR) is 50.8 cm³/mol. The molecule has 1 aliphatic carbocycles. The van der Waals surface area contributed by atoms with Crippen molar-refractivity contribution < 1.29 is 4.42 Å². The van der Waals surface area contributed by atoms with Crippen molar-refractivity contribution in [2.75, 3.05) is 13.6 Å². The van der Waals surface area contributed by atoms with Crippen LogP contribution in [0.2, 0.25) is 0 Å². The maximum atomic E-state index is 5.62. The lowest BCUT2D eigenvalue weighted by Gasteiger charge is -2.19. The maximum Gasteiger partial charge on any atom is 0.191 e. The Morgan fingerprint density at radius 3 is 3.23 bits per heavy atom. The number of aryl methyl sites for hydroxylation is 2. The van der Waals surface area contributed by atoms with Crippen molar-refractivity contribution >= 4 is 0 Å². The van der Waals surface area contributed by atoms with E-state index < -0.39 is 0 Å². The van der Waals surface area contributed by atoms with E-state index in [1.54, 1.807) is 0 Å². The molecule has 1 N–H and O–H groups in total. The number of oxazole rings is 1. The molecule has 3 heteroatoms. The van der Waals surface area contributed by atoms with Gasteiger partial charge in [-0.15, -0.1) is 0 Å². The van der Waals surface area contributed by atoms with Crippen LogP contribution in [0.3, 0.4) is 0 Å². The van der Waals surface area contributed by atoms with Crippen molar-refractivity contribution in [1.29, 1.82) is 0 Å². The second-order valence-corrected chi connectivity index (χ2v) is 3.69. The van der Waals surface area contributed by atoms with Crippen molar-refractivity contribution in [3.05, 3.63) is 17.3 Å². The van der Waals surface area contributed by atoms with Crippen LogP contribution in [-0.2, 0) is 6.42 Å². The fourth-order valence-electron chi connectivity index (χ4n) is 2.07. The van der Waals surface area contributed by atoms with Crippen LogP contribution in [0.5, 0.6) is 0 Å². The van der Waals surface area contributed by atoms with Crippen molar-refractivity contribution in [2.24, 2.45) is 0 Å². The van der Waals surface area contributed by atoms with Gasteiger partial charge in [0.25, 0.3) is 0 Å². The topological polar surface area (TPSA) is 38.1 Å². The van der Waals surface area contributed by atoms with Crippen LogP contribution in [0.25, 0.3) is 0 Å². The number of likely N-dealkylation sites (N-methyl/N-ethyl adjacent to an activating group) is 1. The molecular formula is C10H16N2O. The van der Waals surface area contributed by atoms with Crippen LogP contribution >= 0.6 is 0 Å². The van der Waals surface area contributed by atoms with E-state index in [1.807, 2.05) is 14.0 Å². The molecule has 1 unspecified atom stereocenters. The molecule has 0 saturated carbocycles. The second-order valence-electron chi connectivity index (χ2n) is 3.69. The smallest absolute Gasteiger partial charge is 0.191 e. The fraction of sp³-hybridized carbons (Fsp3) is 0.700. The van der Waals surface area contributed by atoms with Gasteiger partial charge in [0.2, 0.25) is 0 Å². The summed E-state index contributed by atoms with van der Waals surface area (Å²) in [5, 5.41) is 3.20. The summed E-state index contributed by atoms with van der Waals surface area (Å²) in [6.07, 6.45) is 3.56. The van der Waals surface area contributed by atoms with Crippen LogP contribution in [0.15, 0.2) is 4.42 Å². The largest absolute Gasteiger partial charge is 0.445 e. The summed E-state index contributed by atoms with van der Waals surface area (Å²) >= 11 is 0. The Morgan fingerprint density at radius 2 is 2.46 bits per heavy atom. The average Bonchev–Trinajstić information content (AvgIpc) is 2.47. The van der Waals surface area contributed by atoms with Gasteiger partial charge in [-0.25, -0.2) is 4.98 Å². The Kier molecular flexibility index (Phi) is 2.36. The van der Waals surface area contributed by atoms with Gasteiger partial charge in [0.05, 0.1) is 5.69 Å². The zero-order valence-corrected chi connectivity index (χ0v) is 8.26. The first kappa shape index (κ1) is 8.75. The van der Waals surface area contributed by atoms with Crippen LogP contribution < -0.4 is 5.32 Å². The van der Waals surface area contributed by atoms with E-state index in [0.717, 1.165) is 24.6 Å². The van der Waals surface area contributed by atoms with Gasteiger partial charge in [-0.1, -0.05) is 0 Å². The Labute approximate surface area is 78.5 Å². The number of fused-ring (bicyclic) bond motifs is 1. The van der Waals surface area contributed by atoms with Crippen LogP contribution in [0.4, 0.5) is 0 Å². The highest BCUT2D eigenvalue weighted by Gasteiger charge is 2.24. The van der Waals surface area contributed by atoms with Gasteiger partial charge in [-0.05, 0) is 26.3 Å². The SMILES string of the molecule is CNCC1CCCc2nc(C)oc21. The lowest BCUT2D eigenvalue weighted by Crippen LogP contribution is -2.20. The first-order valence-electron chi connectivity index (χ1n) is 4.92. The molecule has 0 aliphatic heterocycles. The summed E-state index contributed by atoms with van der Waals surface area (Å²) < 4.78 is 5.62. The molecule has 1 atom stereocenters. The number of aromatic nitrogens is 1. The summed E-state index contributed by atoms with van der Waals surface area (Å²) in [6, 6.07) is 0. The first-order valence-corrected chi connectivity index (χ1v) is 4.92. The van der Waals surface area contributed by atoms with Gasteiger partial charge in [0.15, 0.2) is 5.89 Å². The number of hydrogen-bond donors (Lipinski definition) is 1. The molecule has 1 aliphatic rings. The van der Waals surface area contributed by atoms with Crippen molar-refractivity contribution in [2.45, 2.75) is 32.1 Å². The van der Waals surface area contributed by atoms with E-state index >= 15 is 0 Å². The molecule has 0 radical (unpaired) electrons. The molecule has 13 heavy (non-hydrogen) atoms. The number of nitrogens with one attached hydrogen (secondary N) is 1. The fourth-order valence-corrected chi connectivity index (χ4v) is 2.07. The Balaban J connectivity index is 2.25. The average molecular weight is 180 g/mol. The van der Waals surface area contributed by atoms with Crippen molar-refractivity contribution in [3.8, 4) is 0 Å². The standard InChI is InChI=1S/C10H16N2O/c1-7-12-9-5-3-4-8(6-11-2)10(9)13-7/h8,11H,3-6H2,1-2H3. The molecule has 1 aromatic heterocycles. The molecule has 0 amide bonds. The first-order chi connectivity index (χ1) is 6.31. The zero-order chi connectivity index (χ0) is 9.26. The van der Waals surface area contributed by atoms with E-state index in [1.165, 1.54) is 18.5 Å². The third-order valence-electron chi connectivity index (χ3n) is 2.62. The summed E-state index contributed by atoms with van der Waals surface area (Å²) in [5.41, 5.74) is 1.18. The molecule has 2 rings (SSSR count). The Morgan fingerprint density at radius 1 is 1.62 bits per heavy atom. The molecule has 1 aromatic rings. The monoisotopic (exact) mass is 180 g/mol. The third-order valence-corrected chi connectivity index (χ3v) is 2.62. The normalized spacial score (nSPS) is 21.5. The highest BCUT2D eigenvalue weighted by molar-refractivity contribution is 5.18. The van der Waals surface area contributed by atoms with Crippen LogP contribution in [0.1, 0.15) is 36.1 Å². The van der Waals surface area contributed by atoms with Gasteiger partial charge in [0, 0.05) is 19.4 Å². The van der Waals surface area contributed by atoms with Crippen molar-refractivity contribution in [1.82, 2.24) is 10.3 Å². The van der Waals surface area contributed by atoms with Crippen LogP contribution in [0, 0.1) is 6.92 Å². The maximum absolute atomic E-state index is 5.62. The van der Waals surface area contributed by atoms with Gasteiger partial charge in [-0.2, -0.15) is 0 Å². The molecule has 1 heterocycles. The summed E-state index contributed by atoms with van der Waals surface area (Å²) in [6.45, 7) is 2.93. The lowest BCUT2D eigenvalue weighted by molar-refractivity contribution is 0.396. The van der Waals surface area contributed by atoms with E-state index in [2.05, 4.69) is 10.3 Å². The van der Waals surface area contributed by atoms with Gasteiger partial charge in [-0.3, -0.25) is 0 Å². The molecule has 0 bridgehead atoms. The molecule has 72 valence electrons. The van der Waals surface area contributed by atoms with Crippen LogP contribution in [-0.4, -0.2) is 18.6 Å². The minimum absolute atomic E-state index is 0.537. The summed E-state index contributed by atoms with van der Waals surface area (Å²) in [7, 11) is 1.98. The lowest BCUT2D eigenvalue weighted by atomic mass is 9.91. The summed E-state index contributed by atoms with van der Waals surface area (Å²) in [5.74, 6) is 2.47. The number of nitrogens with zero attached hydrogens (tertiary/aromatic N) is 1. The Hall–Kier alpha value is -0.830. The summed E-state index contributed by atoms with van der Waals surface area (Å²) in [4.78, 5) is 4.39. The highest BCUT2D eigenvalue weighted by atomic mass is 16.4. The minimum Gasteiger partial charge on any atom is -0.445 e. The Bertz CT molecular complexity index is 293. The quantitative estimate of drug-likeness (QED) is 0.751. The molecule has 0 spiro atoms. The van der Waals surface area contributed by atoms with Gasteiger partial charge in [0.1, 0.15) is 5.76 Å². The number of hydrogen-bond acceptors (Lipinski definition) is 3. The predicted octanol–water partition coefficient (Wildman–Crippen LogP) is 1.62. The molecular weight excluding hydrogens is 164 g/mol. The van der Waals surface area contributed by atoms with Gasteiger partial charge >= 0.3 is 0 Å². The second kappa shape index (κ2) is 3.50. The molecule has 0 saturated heterocycles. The van der Waals surface area contributed by atoms with Crippen molar-refractivity contribution in [3.63, 3.8) is 0 Å². The minimum atomic E-state index is 0.537. The zero-order valence-electron chi connectivity index (χ0n) is 8.26. The van der Waals surface area contributed by atoms with Gasteiger partial charge < -0.3 is 9.73 Å². The molecule has 0 fully saturated rings. The molecule has 0 aromatic carbocycles. The van der Waals surface area contributed by atoms with E-state index in [0.29, 0.717) is 5.92 Å².